The maximum atomic E-state index is 2.55. The fourth-order valence-corrected chi connectivity index (χ4v) is 11.5. The molecular weight excluding hydrogens is 723 g/mol. The molecule has 7 aromatic carbocycles. The molecule has 0 spiro atoms. The van der Waals surface area contributed by atoms with Crippen LogP contribution in [0.3, 0.4) is 0 Å². The molecule has 0 amide bonds. The van der Waals surface area contributed by atoms with Gasteiger partial charge in [0.05, 0.1) is 16.9 Å². The van der Waals surface area contributed by atoms with Crippen molar-refractivity contribution >= 4 is 6.08 Å². The van der Waals surface area contributed by atoms with E-state index in [4.69, 9.17) is 0 Å². The summed E-state index contributed by atoms with van der Waals surface area (Å²) in [5, 5.41) is 0. The molecular formula is C59H49N. The van der Waals surface area contributed by atoms with Gasteiger partial charge >= 0.3 is 0 Å². The minimum absolute atomic E-state index is 0.170. The van der Waals surface area contributed by atoms with Crippen LogP contribution in [0.2, 0.25) is 0 Å². The van der Waals surface area contributed by atoms with Crippen molar-refractivity contribution in [1.82, 2.24) is 4.90 Å². The van der Waals surface area contributed by atoms with Crippen LogP contribution in [0.5, 0.6) is 0 Å². The smallest absolute Gasteiger partial charge is 0.0720 e. The normalized spacial score (nSPS) is 22.0. The third-order valence-electron chi connectivity index (χ3n) is 14.5. The summed E-state index contributed by atoms with van der Waals surface area (Å²) in [6.45, 7) is 4.69. The molecule has 60 heavy (non-hydrogen) atoms. The molecule has 4 aliphatic rings. The molecule has 7 aromatic rings. The summed E-state index contributed by atoms with van der Waals surface area (Å²) in [5.41, 5.74) is 20.7. The first-order chi connectivity index (χ1) is 29.5. The molecule has 0 N–H and O–H groups in total. The number of nitrogens with zero attached hydrogens (tertiary/aromatic N) is 1. The van der Waals surface area contributed by atoms with E-state index in [0.29, 0.717) is 0 Å². The van der Waals surface area contributed by atoms with Crippen molar-refractivity contribution in [1.29, 1.82) is 0 Å². The van der Waals surface area contributed by atoms with Crippen molar-refractivity contribution in [3.05, 3.63) is 278 Å². The Kier molecular flexibility index (Phi) is 8.73. The summed E-state index contributed by atoms with van der Waals surface area (Å²) >= 11 is 0. The van der Waals surface area contributed by atoms with E-state index in [-0.39, 0.29) is 12.1 Å². The zero-order chi connectivity index (χ0) is 40.4. The van der Waals surface area contributed by atoms with Gasteiger partial charge in [-0.2, -0.15) is 0 Å². The van der Waals surface area contributed by atoms with Crippen LogP contribution in [0.4, 0.5) is 0 Å². The molecule has 0 radical (unpaired) electrons. The maximum Gasteiger partial charge on any atom is 0.0720 e. The van der Waals surface area contributed by atoms with Gasteiger partial charge in [-0.15, -0.1) is 0 Å². The lowest BCUT2D eigenvalue weighted by molar-refractivity contribution is 0.240. The molecule has 4 unspecified atom stereocenters. The Labute approximate surface area is 355 Å². The highest BCUT2D eigenvalue weighted by Crippen LogP contribution is 2.65. The molecule has 1 heteroatoms. The Hall–Kier alpha value is -6.54. The van der Waals surface area contributed by atoms with Crippen molar-refractivity contribution in [2.24, 2.45) is 0 Å². The van der Waals surface area contributed by atoms with Crippen molar-refractivity contribution in [3.8, 4) is 11.1 Å². The van der Waals surface area contributed by atoms with Crippen LogP contribution in [0, 0.1) is 0 Å². The Morgan fingerprint density at radius 3 is 1.88 bits per heavy atom. The molecule has 0 fully saturated rings. The molecule has 0 aliphatic heterocycles. The van der Waals surface area contributed by atoms with Crippen molar-refractivity contribution in [2.45, 2.75) is 49.6 Å². The number of rotatable bonds is 7. The average Bonchev–Trinajstić information content (AvgIpc) is 3.63. The highest BCUT2D eigenvalue weighted by atomic mass is 15.2. The molecule has 1 nitrogen and oxygen atoms in total. The van der Waals surface area contributed by atoms with E-state index < -0.39 is 10.8 Å². The quantitative estimate of drug-likeness (QED) is 0.156. The van der Waals surface area contributed by atoms with Gasteiger partial charge in [0.2, 0.25) is 0 Å². The Balaban J connectivity index is 1.05. The maximum absolute atomic E-state index is 2.55. The minimum Gasteiger partial charge on any atom is -0.289 e. The molecule has 0 aromatic heterocycles. The highest BCUT2D eigenvalue weighted by molar-refractivity contribution is 5.91. The minimum atomic E-state index is -0.548. The van der Waals surface area contributed by atoms with Gasteiger partial charge < -0.3 is 0 Å². The number of aryl methyl sites for hydroxylation is 1. The van der Waals surface area contributed by atoms with E-state index in [0.717, 1.165) is 12.8 Å². The molecule has 11 rings (SSSR count). The standard InChI is InChI=1S/C59H49N/c1-40(44-34-33-43-19-10-11-20-45(43)39-44)49-25-13-17-32-56(49)60(3)41(2)42-35-37-48(38-36-42)58(46-21-6-4-7-22-46)53-29-15-16-30-54(53)59(47-23-8-5-9-24-47)52-28-14-12-26-50(52)51-27-18-31-55(58)57(51)59/h4-32,35-39,41,56H,33-34H2,1-3H3/b49-40+. The number of allylic oxidation sites excluding steroid dienone is 4. The second-order valence-electron chi connectivity index (χ2n) is 17.2. The second kappa shape index (κ2) is 14.3. The lowest BCUT2D eigenvalue weighted by Gasteiger charge is -2.49. The number of likely N-dealkylation sites (N-methyl/N-ethyl adjacent to an activating group) is 1. The van der Waals surface area contributed by atoms with Gasteiger partial charge in [-0.3, -0.25) is 4.90 Å². The topological polar surface area (TPSA) is 3.24 Å². The van der Waals surface area contributed by atoms with Crippen molar-refractivity contribution in [3.63, 3.8) is 0 Å². The molecule has 0 heterocycles. The zero-order valence-corrected chi connectivity index (χ0v) is 34.6. The van der Waals surface area contributed by atoms with Crippen LogP contribution in [0.1, 0.15) is 87.5 Å². The largest absolute Gasteiger partial charge is 0.289 e. The van der Waals surface area contributed by atoms with E-state index in [1.54, 1.807) is 0 Å². The van der Waals surface area contributed by atoms with Crippen LogP contribution < -0.4 is 0 Å². The third kappa shape index (κ3) is 5.22. The first-order valence-electron chi connectivity index (χ1n) is 21.6. The second-order valence-corrected chi connectivity index (χ2v) is 17.2. The summed E-state index contributed by atoms with van der Waals surface area (Å²) in [7, 11) is 2.29. The molecule has 0 bridgehead atoms. The summed E-state index contributed by atoms with van der Waals surface area (Å²) in [4.78, 5) is 2.55. The molecule has 4 atom stereocenters. The van der Waals surface area contributed by atoms with E-state index in [1.807, 2.05) is 0 Å². The zero-order valence-electron chi connectivity index (χ0n) is 34.6. The third-order valence-corrected chi connectivity index (χ3v) is 14.5. The first kappa shape index (κ1) is 36.5. The van der Waals surface area contributed by atoms with Gasteiger partial charge in [-0.25, -0.2) is 0 Å². The van der Waals surface area contributed by atoms with E-state index >= 15 is 0 Å². The average molecular weight is 772 g/mol. The number of hydrogen-bond donors (Lipinski definition) is 0. The highest BCUT2D eigenvalue weighted by Gasteiger charge is 2.57. The predicted octanol–water partition coefficient (Wildman–Crippen LogP) is 13.6. The van der Waals surface area contributed by atoms with E-state index in [9.17, 15) is 0 Å². The predicted molar refractivity (Wildman–Crippen MR) is 249 cm³/mol. The molecule has 290 valence electrons. The molecule has 0 saturated carbocycles. The van der Waals surface area contributed by atoms with Crippen LogP contribution in [0.15, 0.2) is 217 Å². The summed E-state index contributed by atoms with van der Waals surface area (Å²) in [6.07, 6.45) is 13.7. The monoisotopic (exact) mass is 771 g/mol. The summed E-state index contributed by atoms with van der Waals surface area (Å²) in [5.74, 6) is 0. The summed E-state index contributed by atoms with van der Waals surface area (Å²) < 4.78 is 0. The Bertz CT molecular complexity index is 2910. The van der Waals surface area contributed by atoms with Crippen LogP contribution in [0.25, 0.3) is 17.2 Å². The van der Waals surface area contributed by atoms with Crippen LogP contribution >= 0.6 is 0 Å². The lowest BCUT2D eigenvalue weighted by Crippen LogP contribution is -2.44. The summed E-state index contributed by atoms with van der Waals surface area (Å²) in [6, 6.07) is 66.9. The lowest BCUT2D eigenvalue weighted by atomic mass is 9.51. The van der Waals surface area contributed by atoms with E-state index in [1.165, 1.54) is 89.0 Å². The Morgan fingerprint density at radius 1 is 0.550 bits per heavy atom. The fraction of sp³-hybridized carbons (Fsp3) is 0.153. The fourth-order valence-electron chi connectivity index (χ4n) is 11.5. The molecule has 0 saturated heterocycles. The van der Waals surface area contributed by atoms with Gasteiger partial charge in [0.1, 0.15) is 0 Å². The van der Waals surface area contributed by atoms with Crippen molar-refractivity contribution in [2.75, 3.05) is 7.05 Å². The van der Waals surface area contributed by atoms with Gasteiger partial charge in [0.25, 0.3) is 0 Å². The van der Waals surface area contributed by atoms with Gasteiger partial charge in [-0.1, -0.05) is 206 Å². The van der Waals surface area contributed by atoms with Gasteiger partial charge in [-0.05, 0) is 123 Å². The van der Waals surface area contributed by atoms with Gasteiger partial charge in [0.15, 0.2) is 0 Å². The number of fused-ring (bicyclic) bond motifs is 6. The SMILES string of the molecule is C/C(C1=Cc2ccccc2CC1)=C1/C=CC=CC1N(C)C(C)c1ccc(C2(c3ccccc3)c3ccccc3C3(c4ccccc4)c4ccccc4-c4cccc2c43)cc1. The number of benzene rings is 7. The molecule has 4 aliphatic carbocycles. The van der Waals surface area contributed by atoms with Crippen LogP contribution in [-0.4, -0.2) is 18.0 Å². The van der Waals surface area contributed by atoms with Crippen molar-refractivity contribution < 1.29 is 0 Å². The Morgan fingerprint density at radius 2 is 1.13 bits per heavy atom. The van der Waals surface area contributed by atoms with Gasteiger partial charge in [0, 0.05) is 6.04 Å². The van der Waals surface area contributed by atoms with Crippen LogP contribution in [-0.2, 0) is 17.3 Å². The number of hydrogen-bond acceptors (Lipinski definition) is 1. The first-order valence-corrected chi connectivity index (χ1v) is 21.6. The van der Waals surface area contributed by atoms with E-state index in [2.05, 4.69) is 232 Å².